The maximum atomic E-state index is 12.5. The number of fused-ring (bicyclic) bond motifs is 5. The molecule has 16 atom stereocenters. The molecule has 0 bridgehead atoms. The highest BCUT2D eigenvalue weighted by molar-refractivity contribution is 5.20. The van der Waals surface area contributed by atoms with E-state index in [1.807, 2.05) is 0 Å². The lowest BCUT2D eigenvalue weighted by Gasteiger charge is -2.66. The number of ether oxygens (including phenoxy) is 2. The van der Waals surface area contributed by atoms with E-state index >= 15 is 0 Å². The summed E-state index contributed by atoms with van der Waals surface area (Å²) >= 11 is 0. The molecule has 7 N–H and O–H groups in total. The molecule has 41 heavy (non-hydrogen) atoms. The van der Waals surface area contributed by atoms with Gasteiger partial charge < -0.3 is 45.2 Å². The standard InChI is InChI=1S/C32H56O9/c1-16(2)23(40-29-27(38)26(37)24(15-33)41-29)7-6-17(3)19-13-21(35)28-31(19,5)11-9-25-30(4)10-8-18(34)12-20(30)22(36)14-32(25,28)39/h16-29,33-39H,6-15H2,1-5H3/t17-,18+,19-,20-,21-,22+,23?,24+,25-,26+,27-,28-,29-,30+,31-,32+/m1/s1. The lowest BCUT2D eigenvalue weighted by atomic mass is 9.42. The van der Waals surface area contributed by atoms with Crippen LogP contribution in [0.2, 0.25) is 0 Å². The molecule has 0 aromatic heterocycles. The molecular formula is C32H56O9. The van der Waals surface area contributed by atoms with Crippen LogP contribution in [-0.2, 0) is 9.47 Å². The number of rotatable bonds is 8. The van der Waals surface area contributed by atoms with Gasteiger partial charge in [-0.25, -0.2) is 0 Å². The quantitative estimate of drug-likeness (QED) is 0.226. The molecule has 5 rings (SSSR count). The third-order valence-electron chi connectivity index (χ3n) is 12.9. The molecule has 0 aromatic carbocycles. The molecule has 5 aliphatic rings. The normalized spacial score (nSPS) is 53.0. The van der Waals surface area contributed by atoms with Crippen LogP contribution in [0.5, 0.6) is 0 Å². The third-order valence-corrected chi connectivity index (χ3v) is 12.9. The highest BCUT2D eigenvalue weighted by Gasteiger charge is 2.70. The molecule has 5 fully saturated rings. The lowest BCUT2D eigenvalue weighted by Crippen LogP contribution is -2.68. The van der Waals surface area contributed by atoms with Crippen molar-refractivity contribution in [1.29, 1.82) is 0 Å². The Hall–Kier alpha value is -0.360. The van der Waals surface area contributed by atoms with Crippen LogP contribution >= 0.6 is 0 Å². The van der Waals surface area contributed by atoms with Crippen LogP contribution in [0, 0.1) is 46.3 Å². The van der Waals surface area contributed by atoms with Crippen molar-refractivity contribution in [2.75, 3.05) is 6.61 Å². The van der Waals surface area contributed by atoms with Gasteiger partial charge in [0.1, 0.15) is 18.3 Å². The van der Waals surface area contributed by atoms with E-state index in [0.717, 1.165) is 25.7 Å². The summed E-state index contributed by atoms with van der Waals surface area (Å²) in [6.07, 6.45) is 0.0535. The fourth-order valence-corrected chi connectivity index (χ4v) is 10.7. The fourth-order valence-electron chi connectivity index (χ4n) is 10.7. The predicted molar refractivity (Wildman–Crippen MR) is 151 cm³/mol. The van der Waals surface area contributed by atoms with Crippen molar-refractivity contribution in [3.05, 3.63) is 0 Å². The van der Waals surface area contributed by atoms with E-state index in [1.165, 1.54) is 0 Å². The summed E-state index contributed by atoms with van der Waals surface area (Å²) in [6, 6.07) is 0. The van der Waals surface area contributed by atoms with Crippen LogP contribution in [0.15, 0.2) is 0 Å². The van der Waals surface area contributed by atoms with E-state index in [2.05, 4.69) is 34.6 Å². The summed E-state index contributed by atoms with van der Waals surface area (Å²) in [7, 11) is 0. The van der Waals surface area contributed by atoms with Crippen molar-refractivity contribution >= 4 is 0 Å². The Morgan fingerprint density at radius 3 is 2.20 bits per heavy atom. The van der Waals surface area contributed by atoms with Gasteiger partial charge in [-0.2, -0.15) is 0 Å². The molecule has 0 radical (unpaired) electrons. The summed E-state index contributed by atoms with van der Waals surface area (Å²) in [5, 5.41) is 75.7. The second-order valence-corrected chi connectivity index (χ2v) is 15.5. The molecule has 1 heterocycles. The minimum absolute atomic E-state index is 0.00709. The molecule has 9 heteroatoms. The first-order valence-electron chi connectivity index (χ1n) is 16.2. The van der Waals surface area contributed by atoms with Gasteiger partial charge in [0.15, 0.2) is 6.29 Å². The highest BCUT2D eigenvalue weighted by Crippen LogP contribution is 2.69. The van der Waals surface area contributed by atoms with Crippen LogP contribution in [0.25, 0.3) is 0 Å². The number of aliphatic hydroxyl groups excluding tert-OH is 6. The lowest BCUT2D eigenvalue weighted by molar-refractivity contribution is -0.263. The van der Waals surface area contributed by atoms with Crippen LogP contribution in [0.3, 0.4) is 0 Å². The van der Waals surface area contributed by atoms with Crippen molar-refractivity contribution in [3.8, 4) is 0 Å². The number of hydrogen-bond acceptors (Lipinski definition) is 9. The Balaban J connectivity index is 1.29. The summed E-state index contributed by atoms with van der Waals surface area (Å²) in [5.74, 6) is 0.243. The molecule has 9 nitrogen and oxygen atoms in total. The zero-order valence-corrected chi connectivity index (χ0v) is 25.6. The molecule has 0 aromatic rings. The Kier molecular flexibility index (Phi) is 9.01. The van der Waals surface area contributed by atoms with Gasteiger partial charge >= 0.3 is 0 Å². The van der Waals surface area contributed by atoms with Crippen LogP contribution in [0.1, 0.15) is 92.4 Å². The molecule has 1 saturated heterocycles. The van der Waals surface area contributed by atoms with Crippen molar-refractivity contribution in [3.63, 3.8) is 0 Å². The van der Waals surface area contributed by atoms with Gasteiger partial charge in [0, 0.05) is 12.3 Å². The van der Waals surface area contributed by atoms with E-state index in [0.29, 0.717) is 25.7 Å². The van der Waals surface area contributed by atoms with Crippen LogP contribution in [0.4, 0.5) is 0 Å². The van der Waals surface area contributed by atoms with E-state index < -0.39 is 55.1 Å². The number of aliphatic hydroxyl groups is 7. The average molecular weight is 585 g/mol. The van der Waals surface area contributed by atoms with Crippen LogP contribution in [-0.4, -0.2) is 97.0 Å². The van der Waals surface area contributed by atoms with Gasteiger partial charge in [0.05, 0.1) is 36.6 Å². The second kappa shape index (κ2) is 11.5. The van der Waals surface area contributed by atoms with E-state index in [4.69, 9.17) is 9.47 Å². The summed E-state index contributed by atoms with van der Waals surface area (Å²) < 4.78 is 11.7. The first kappa shape index (κ1) is 32.0. The van der Waals surface area contributed by atoms with Crippen molar-refractivity contribution in [2.45, 2.75) is 147 Å². The van der Waals surface area contributed by atoms with E-state index in [-0.39, 0.29) is 58.9 Å². The minimum atomic E-state index is -1.22. The third kappa shape index (κ3) is 5.23. The predicted octanol–water partition coefficient (Wildman–Crippen LogP) is 1.96. The first-order valence-corrected chi connectivity index (χ1v) is 16.2. The molecule has 0 spiro atoms. The maximum Gasteiger partial charge on any atom is 0.186 e. The van der Waals surface area contributed by atoms with Crippen molar-refractivity contribution in [2.24, 2.45) is 46.3 Å². The largest absolute Gasteiger partial charge is 0.394 e. The second-order valence-electron chi connectivity index (χ2n) is 15.5. The van der Waals surface area contributed by atoms with Gasteiger partial charge in [-0.15, -0.1) is 0 Å². The van der Waals surface area contributed by atoms with Gasteiger partial charge in [0.25, 0.3) is 0 Å². The summed E-state index contributed by atoms with van der Waals surface area (Å²) in [6.45, 7) is 10.4. The first-order chi connectivity index (χ1) is 19.2. The van der Waals surface area contributed by atoms with Gasteiger partial charge in [-0.3, -0.25) is 0 Å². The smallest absolute Gasteiger partial charge is 0.186 e. The average Bonchev–Trinajstić information content (AvgIpc) is 3.34. The summed E-state index contributed by atoms with van der Waals surface area (Å²) in [4.78, 5) is 0. The summed E-state index contributed by atoms with van der Waals surface area (Å²) in [5.41, 5.74) is -1.66. The maximum absolute atomic E-state index is 12.5. The Bertz CT molecular complexity index is 918. The van der Waals surface area contributed by atoms with Gasteiger partial charge in [-0.05, 0) is 91.8 Å². The SMILES string of the molecule is CC(C)C(CC[C@@H](C)[C@H]1C[C@@H](O)[C@@H]2[C@]1(C)CC[C@@H]1[C@@]3(C)CC[C@H](O)C[C@@H]3[C@@H](O)C[C@]12O)O[C@@H]1O[C@@H](CO)[C@H](O)[C@H]1O. The Morgan fingerprint density at radius 1 is 0.878 bits per heavy atom. The molecular weight excluding hydrogens is 528 g/mol. The Labute approximate surface area is 245 Å². The molecule has 1 aliphatic heterocycles. The van der Waals surface area contributed by atoms with E-state index in [9.17, 15) is 35.7 Å². The van der Waals surface area contributed by atoms with Gasteiger partial charge in [0.2, 0.25) is 0 Å². The molecule has 1 unspecified atom stereocenters. The van der Waals surface area contributed by atoms with Crippen molar-refractivity contribution in [1.82, 2.24) is 0 Å². The number of hydrogen-bond donors (Lipinski definition) is 7. The van der Waals surface area contributed by atoms with Gasteiger partial charge in [-0.1, -0.05) is 34.6 Å². The zero-order chi connectivity index (χ0) is 30.1. The van der Waals surface area contributed by atoms with E-state index in [1.54, 1.807) is 0 Å². The molecule has 4 saturated carbocycles. The monoisotopic (exact) mass is 584 g/mol. The topological polar surface area (TPSA) is 160 Å². The van der Waals surface area contributed by atoms with Crippen LogP contribution < -0.4 is 0 Å². The fraction of sp³-hybridized carbons (Fsp3) is 1.00. The molecule has 238 valence electrons. The zero-order valence-electron chi connectivity index (χ0n) is 25.6. The molecule has 4 aliphatic carbocycles. The Morgan fingerprint density at radius 2 is 1.56 bits per heavy atom. The molecule has 0 amide bonds. The van der Waals surface area contributed by atoms with Crippen molar-refractivity contribution < 1.29 is 45.2 Å². The minimum Gasteiger partial charge on any atom is -0.394 e. The highest BCUT2D eigenvalue weighted by atomic mass is 16.7.